The third kappa shape index (κ3) is 2.49. The van der Waals surface area contributed by atoms with Crippen molar-refractivity contribution in [3.8, 4) is 5.88 Å². The van der Waals surface area contributed by atoms with Crippen LogP contribution in [0.5, 0.6) is 5.88 Å². The summed E-state index contributed by atoms with van der Waals surface area (Å²) in [5.41, 5.74) is 2.02. The average Bonchev–Trinajstić information content (AvgIpc) is 2.79. The molecule has 0 saturated carbocycles. The Kier molecular flexibility index (Phi) is 3.36. The van der Waals surface area contributed by atoms with Crippen LogP contribution in [0.2, 0.25) is 0 Å². The second-order valence-electron chi connectivity index (χ2n) is 3.38. The van der Waals surface area contributed by atoms with E-state index in [1.807, 2.05) is 19.1 Å². The summed E-state index contributed by atoms with van der Waals surface area (Å²) in [5.74, 6) is 0.670. The van der Waals surface area contributed by atoms with Crippen molar-refractivity contribution in [1.29, 1.82) is 0 Å². The molecule has 0 aliphatic carbocycles. The number of anilines is 1. The minimum Gasteiger partial charge on any atom is -0.481 e. The van der Waals surface area contributed by atoms with Crippen molar-refractivity contribution >= 4 is 17.2 Å². The van der Waals surface area contributed by atoms with Crippen molar-refractivity contribution in [2.24, 2.45) is 0 Å². The highest BCUT2D eigenvalue weighted by molar-refractivity contribution is 7.05. The van der Waals surface area contributed by atoms with Gasteiger partial charge < -0.3 is 10.1 Å². The number of methoxy groups -OCH3 is 1. The lowest BCUT2D eigenvalue weighted by molar-refractivity contribution is 0.394. The molecule has 2 heterocycles. The van der Waals surface area contributed by atoms with Crippen LogP contribution < -0.4 is 10.1 Å². The van der Waals surface area contributed by atoms with E-state index in [2.05, 4.69) is 14.7 Å². The number of pyridine rings is 1. The average molecular weight is 235 g/mol. The van der Waals surface area contributed by atoms with E-state index in [9.17, 15) is 0 Å². The molecule has 0 aliphatic rings. The molecular formula is C11H13N3OS. The molecule has 0 unspecified atom stereocenters. The Morgan fingerprint density at radius 2 is 2.38 bits per heavy atom. The molecule has 4 nitrogen and oxygen atoms in total. The lowest BCUT2D eigenvalue weighted by Gasteiger charge is -2.07. The fraction of sp³-hybridized carbons (Fsp3) is 0.273. The van der Waals surface area contributed by atoms with Gasteiger partial charge in [-0.1, -0.05) is 0 Å². The number of aromatic nitrogens is 2. The van der Waals surface area contributed by atoms with Gasteiger partial charge in [-0.05, 0) is 30.6 Å². The SMILES string of the molecule is COc1ncc(NCc2ccns2)cc1C. The number of nitrogens with one attached hydrogen (secondary N) is 1. The molecule has 0 bridgehead atoms. The topological polar surface area (TPSA) is 47.0 Å². The minimum absolute atomic E-state index is 0.670. The zero-order valence-corrected chi connectivity index (χ0v) is 10.0. The predicted molar refractivity (Wildman–Crippen MR) is 65.0 cm³/mol. The van der Waals surface area contributed by atoms with Gasteiger partial charge in [-0.3, -0.25) is 0 Å². The second-order valence-corrected chi connectivity index (χ2v) is 4.30. The van der Waals surface area contributed by atoms with Crippen LogP contribution in [0.4, 0.5) is 5.69 Å². The van der Waals surface area contributed by atoms with E-state index in [1.54, 1.807) is 19.5 Å². The first-order valence-electron chi connectivity index (χ1n) is 4.93. The van der Waals surface area contributed by atoms with Gasteiger partial charge in [-0.25, -0.2) is 9.36 Å². The van der Waals surface area contributed by atoms with Gasteiger partial charge in [0.2, 0.25) is 5.88 Å². The highest BCUT2D eigenvalue weighted by Crippen LogP contribution is 2.18. The summed E-state index contributed by atoms with van der Waals surface area (Å²) in [4.78, 5) is 5.40. The van der Waals surface area contributed by atoms with Crippen molar-refractivity contribution < 1.29 is 4.74 Å². The van der Waals surface area contributed by atoms with Gasteiger partial charge in [0, 0.05) is 16.6 Å². The summed E-state index contributed by atoms with van der Waals surface area (Å²) in [6, 6.07) is 4.02. The minimum atomic E-state index is 0.670. The van der Waals surface area contributed by atoms with Crippen LogP contribution in [0.15, 0.2) is 24.5 Å². The van der Waals surface area contributed by atoms with Crippen LogP contribution in [0.25, 0.3) is 0 Å². The van der Waals surface area contributed by atoms with Crippen molar-refractivity contribution in [3.05, 3.63) is 35.0 Å². The largest absolute Gasteiger partial charge is 0.481 e. The van der Waals surface area contributed by atoms with E-state index in [0.717, 1.165) is 17.8 Å². The molecule has 16 heavy (non-hydrogen) atoms. The van der Waals surface area contributed by atoms with Crippen LogP contribution in [0.1, 0.15) is 10.4 Å². The second kappa shape index (κ2) is 4.94. The molecule has 0 radical (unpaired) electrons. The summed E-state index contributed by atoms with van der Waals surface area (Å²) < 4.78 is 9.15. The quantitative estimate of drug-likeness (QED) is 0.884. The summed E-state index contributed by atoms with van der Waals surface area (Å²) in [6.07, 6.45) is 3.58. The van der Waals surface area contributed by atoms with Gasteiger partial charge in [-0.15, -0.1) is 0 Å². The van der Waals surface area contributed by atoms with Crippen molar-refractivity contribution in [2.45, 2.75) is 13.5 Å². The molecule has 0 amide bonds. The first-order chi connectivity index (χ1) is 7.79. The lowest BCUT2D eigenvalue weighted by atomic mass is 10.3. The molecule has 0 aliphatic heterocycles. The summed E-state index contributed by atoms with van der Waals surface area (Å²) in [7, 11) is 1.62. The zero-order valence-electron chi connectivity index (χ0n) is 9.23. The number of nitrogens with zero attached hydrogens (tertiary/aromatic N) is 2. The van der Waals surface area contributed by atoms with Crippen molar-refractivity contribution in [2.75, 3.05) is 12.4 Å². The maximum atomic E-state index is 5.10. The molecule has 0 atom stereocenters. The van der Waals surface area contributed by atoms with Crippen LogP contribution in [0, 0.1) is 6.92 Å². The van der Waals surface area contributed by atoms with Crippen LogP contribution >= 0.6 is 11.5 Å². The van der Waals surface area contributed by atoms with Crippen LogP contribution in [0.3, 0.4) is 0 Å². The molecule has 2 aromatic heterocycles. The van der Waals surface area contributed by atoms with E-state index in [-0.39, 0.29) is 0 Å². The monoisotopic (exact) mass is 235 g/mol. The van der Waals surface area contributed by atoms with Gasteiger partial charge >= 0.3 is 0 Å². The Hall–Kier alpha value is -1.62. The Morgan fingerprint density at radius 1 is 1.50 bits per heavy atom. The maximum Gasteiger partial charge on any atom is 0.216 e. The lowest BCUT2D eigenvalue weighted by Crippen LogP contribution is -1.99. The fourth-order valence-electron chi connectivity index (χ4n) is 1.40. The molecule has 2 aromatic rings. The third-order valence-corrected chi connectivity index (χ3v) is 2.92. The smallest absolute Gasteiger partial charge is 0.216 e. The van der Waals surface area contributed by atoms with E-state index in [0.29, 0.717) is 5.88 Å². The van der Waals surface area contributed by atoms with E-state index in [1.165, 1.54) is 16.4 Å². The summed E-state index contributed by atoms with van der Waals surface area (Å²) in [5, 5.41) is 3.29. The van der Waals surface area contributed by atoms with E-state index in [4.69, 9.17) is 4.74 Å². The Labute approximate surface area is 98.5 Å². The first-order valence-corrected chi connectivity index (χ1v) is 5.71. The molecule has 0 spiro atoms. The number of hydrogen-bond donors (Lipinski definition) is 1. The normalized spacial score (nSPS) is 10.1. The molecule has 5 heteroatoms. The van der Waals surface area contributed by atoms with Gasteiger partial charge in [0.15, 0.2) is 0 Å². The number of hydrogen-bond acceptors (Lipinski definition) is 5. The Balaban J connectivity index is 2.02. The molecule has 2 rings (SSSR count). The Morgan fingerprint density at radius 3 is 3.00 bits per heavy atom. The number of ether oxygens (including phenoxy) is 1. The third-order valence-electron chi connectivity index (χ3n) is 2.18. The molecule has 0 fully saturated rings. The maximum absolute atomic E-state index is 5.10. The first kappa shape index (κ1) is 10.9. The fourth-order valence-corrected chi connectivity index (χ4v) is 1.91. The molecule has 0 saturated heterocycles. The van der Waals surface area contributed by atoms with Crippen LogP contribution in [-0.4, -0.2) is 16.5 Å². The molecular weight excluding hydrogens is 222 g/mol. The van der Waals surface area contributed by atoms with E-state index >= 15 is 0 Å². The molecule has 0 aromatic carbocycles. The zero-order chi connectivity index (χ0) is 11.4. The highest BCUT2D eigenvalue weighted by Gasteiger charge is 2.01. The predicted octanol–water partition coefficient (Wildman–Crippen LogP) is 2.47. The van der Waals surface area contributed by atoms with Gasteiger partial charge in [0.05, 0.1) is 25.5 Å². The van der Waals surface area contributed by atoms with Crippen molar-refractivity contribution in [3.63, 3.8) is 0 Å². The van der Waals surface area contributed by atoms with Crippen molar-refractivity contribution in [1.82, 2.24) is 9.36 Å². The summed E-state index contributed by atoms with van der Waals surface area (Å²) >= 11 is 1.50. The standard InChI is InChI=1S/C11H13N3OS/c1-8-5-9(6-13-11(8)15-2)12-7-10-3-4-14-16-10/h3-6,12H,7H2,1-2H3. The molecule has 84 valence electrons. The molecule has 1 N–H and O–H groups in total. The van der Waals surface area contributed by atoms with Gasteiger partial charge in [-0.2, -0.15) is 0 Å². The van der Waals surface area contributed by atoms with Crippen LogP contribution in [-0.2, 0) is 6.54 Å². The Bertz CT molecular complexity index is 456. The number of aryl methyl sites for hydroxylation is 1. The van der Waals surface area contributed by atoms with Gasteiger partial charge in [0.1, 0.15) is 0 Å². The summed E-state index contributed by atoms with van der Waals surface area (Å²) in [6.45, 7) is 2.75. The van der Waals surface area contributed by atoms with E-state index < -0.39 is 0 Å². The highest BCUT2D eigenvalue weighted by atomic mass is 32.1. The number of rotatable bonds is 4. The van der Waals surface area contributed by atoms with Gasteiger partial charge in [0.25, 0.3) is 0 Å².